The van der Waals surface area contributed by atoms with Crippen molar-refractivity contribution < 1.29 is 0 Å². The molecule has 0 N–H and O–H groups in total. The highest BCUT2D eigenvalue weighted by atomic mass is 15.0. The van der Waals surface area contributed by atoms with Crippen molar-refractivity contribution in [3.63, 3.8) is 0 Å². The third-order valence-electron chi connectivity index (χ3n) is 9.99. The Balaban J connectivity index is 1.23. The first kappa shape index (κ1) is 25.2. The van der Waals surface area contributed by atoms with E-state index in [0.29, 0.717) is 0 Å². The summed E-state index contributed by atoms with van der Waals surface area (Å²) in [4.78, 5) is 10.4. The topological polar surface area (TPSA) is 29.6 Å². The summed E-state index contributed by atoms with van der Waals surface area (Å²) in [5.74, 6) is 1.20. The minimum Gasteiger partial charge on any atom is -0.309 e. The van der Waals surface area contributed by atoms with Crippen LogP contribution in [0.5, 0.6) is 0 Å². The van der Waals surface area contributed by atoms with Gasteiger partial charge in [0.1, 0.15) is 0 Å². The van der Waals surface area contributed by atoms with Crippen LogP contribution < -0.4 is 0 Å². The van der Waals surface area contributed by atoms with E-state index in [4.69, 9.17) is 9.98 Å². The molecule has 0 amide bonds. The first-order chi connectivity index (χ1) is 21.8. The number of aromatic nitrogens is 1. The Bertz CT molecular complexity index is 2110. The summed E-state index contributed by atoms with van der Waals surface area (Å²) in [5, 5.41) is 2.56. The number of para-hydroxylation sites is 2. The van der Waals surface area contributed by atoms with Gasteiger partial charge in [-0.25, -0.2) is 4.99 Å². The third kappa shape index (κ3) is 3.56. The van der Waals surface area contributed by atoms with Gasteiger partial charge in [0, 0.05) is 39.6 Å². The highest BCUT2D eigenvalue weighted by Crippen LogP contribution is 2.60. The van der Waals surface area contributed by atoms with Gasteiger partial charge < -0.3 is 4.57 Å². The highest BCUT2D eigenvalue weighted by Gasteiger charge is 2.56. The summed E-state index contributed by atoms with van der Waals surface area (Å²) >= 11 is 0. The van der Waals surface area contributed by atoms with Crippen molar-refractivity contribution in [1.29, 1.82) is 0 Å². The normalized spacial score (nSPS) is 23.5. The third-order valence-corrected chi connectivity index (χ3v) is 9.99. The van der Waals surface area contributed by atoms with Crippen LogP contribution in [0, 0.1) is 11.8 Å². The SMILES string of the molecule is C1=CCC(C2(c3ccc(-n4c5ccccc5c5ccccc54)cc3)c3ccccc3C3N=C(c4ccccc4)N=CC32)C=C1. The lowest BCUT2D eigenvalue weighted by Crippen LogP contribution is -2.42. The second kappa shape index (κ2) is 9.89. The van der Waals surface area contributed by atoms with Crippen molar-refractivity contribution in [2.24, 2.45) is 21.8 Å². The van der Waals surface area contributed by atoms with Crippen molar-refractivity contribution >= 4 is 33.9 Å². The Morgan fingerprint density at radius 2 is 1.34 bits per heavy atom. The number of aliphatic imine (C=N–C) groups is 2. The maximum absolute atomic E-state index is 5.37. The number of hydrogen-bond donors (Lipinski definition) is 0. The van der Waals surface area contributed by atoms with Gasteiger partial charge in [0.05, 0.1) is 17.1 Å². The zero-order chi connectivity index (χ0) is 29.1. The number of rotatable bonds is 4. The molecule has 4 unspecified atom stereocenters. The molecule has 2 heterocycles. The molecule has 3 aliphatic rings. The molecule has 4 atom stereocenters. The molecule has 3 nitrogen and oxygen atoms in total. The molecule has 9 rings (SSSR count). The van der Waals surface area contributed by atoms with Gasteiger partial charge in [-0.3, -0.25) is 4.99 Å². The number of benzene rings is 5. The van der Waals surface area contributed by atoms with Gasteiger partial charge in [0.25, 0.3) is 0 Å². The zero-order valence-corrected chi connectivity index (χ0v) is 24.3. The Hall–Kier alpha value is -5.28. The van der Waals surface area contributed by atoms with E-state index in [9.17, 15) is 0 Å². The number of allylic oxidation sites excluding steroid dienone is 4. The number of fused-ring (bicyclic) bond motifs is 6. The maximum Gasteiger partial charge on any atom is 0.154 e. The van der Waals surface area contributed by atoms with Gasteiger partial charge in [0.15, 0.2) is 5.84 Å². The van der Waals surface area contributed by atoms with Crippen LogP contribution in [0.3, 0.4) is 0 Å². The quantitative estimate of drug-likeness (QED) is 0.204. The Morgan fingerprint density at radius 1 is 0.659 bits per heavy atom. The first-order valence-electron chi connectivity index (χ1n) is 15.5. The maximum atomic E-state index is 5.37. The van der Waals surface area contributed by atoms with E-state index in [1.165, 1.54) is 44.2 Å². The van der Waals surface area contributed by atoms with Crippen molar-refractivity contribution in [3.05, 3.63) is 174 Å². The van der Waals surface area contributed by atoms with Crippen molar-refractivity contribution in [1.82, 2.24) is 4.57 Å². The summed E-state index contributed by atoms with van der Waals surface area (Å²) in [6.45, 7) is 0. The van der Waals surface area contributed by atoms with E-state index >= 15 is 0 Å². The first-order valence-corrected chi connectivity index (χ1v) is 15.5. The molecule has 0 bridgehead atoms. The number of nitrogens with zero attached hydrogens (tertiary/aromatic N) is 3. The average molecular weight is 566 g/mol. The van der Waals surface area contributed by atoms with E-state index < -0.39 is 0 Å². The number of amidine groups is 1. The molecule has 1 aliphatic heterocycles. The van der Waals surface area contributed by atoms with Crippen LogP contribution in [0.15, 0.2) is 162 Å². The predicted molar refractivity (Wildman–Crippen MR) is 182 cm³/mol. The minimum absolute atomic E-state index is 0.00947. The smallest absolute Gasteiger partial charge is 0.154 e. The van der Waals surface area contributed by atoms with Gasteiger partial charge in [-0.1, -0.05) is 127 Å². The van der Waals surface area contributed by atoms with Crippen LogP contribution in [-0.2, 0) is 5.41 Å². The second-order valence-corrected chi connectivity index (χ2v) is 12.1. The highest BCUT2D eigenvalue weighted by molar-refractivity contribution is 6.09. The van der Waals surface area contributed by atoms with Crippen LogP contribution in [0.1, 0.15) is 34.7 Å². The molecule has 5 aromatic carbocycles. The van der Waals surface area contributed by atoms with Crippen LogP contribution in [0.25, 0.3) is 27.5 Å². The summed E-state index contributed by atoms with van der Waals surface area (Å²) in [5.41, 5.74) is 8.39. The summed E-state index contributed by atoms with van der Waals surface area (Å²) in [7, 11) is 0. The van der Waals surface area contributed by atoms with Crippen LogP contribution in [0.4, 0.5) is 0 Å². The van der Waals surface area contributed by atoms with E-state index in [0.717, 1.165) is 17.8 Å². The van der Waals surface area contributed by atoms with Gasteiger partial charge in [-0.15, -0.1) is 0 Å². The average Bonchev–Trinajstić information content (AvgIpc) is 3.60. The summed E-state index contributed by atoms with van der Waals surface area (Å²) < 4.78 is 2.40. The van der Waals surface area contributed by atoms with Crippen molar-refractivity contribution in [3.8, 4) is 5.69 Å². The van der Waals surface area contributed by atoms with E-state index in [-0.39, 0.29) is 23.3 Å². The molecule has 210 valence electrons. The molecule has 6 aromatic rings. The predicted octanol–water partition coefficient (Wildman–Crippen LogP) is 9.40. The molecule has 1 aromatic heterocycles. The fraction of sp³-hybridized carbons (Fsp3) is 0.122. The molecule has 3 heteroatoms. The van der Waals surface area contributed by atoms with E-state index in [2.05, 4.69) is 156 Å². The molecule has 44 heavy (non-hydrogen) atoms. The van der Waals surface area contributed by atoms with Gasteiger partial charge in [-0.2, -0.15) is 0 Å². The molecule has 0 saturated heterocycles. The van der Waals surface area contributed by atoms with Crippen LogP contribution in [0.2, 0.25) is 0 Å². The summed E-state index contributed by atoms with van der Waals surface area (Å²) in [6, 6.07) is 46.1. The van der Waals surface area contributed by atoms with Crippen molar-refractivity contribution in [2.75, 3.05) is 0 Å². The molecular formula is C41H31N3. The second-order valence-electron chi connectivity index (χ2n) is 12.1. The zero-order valence-electron chi connectivity index (χ0n) is 24.3. The standard InChI is InChI=1S/C41H31N3/c1-3-13-28(14-4-1)40-42-27-36-39(43-40)34-19-7-10-20-35(34)41(36,29-15-5-2-6-16-29)30-23-25-31(26-24-30)44-37-21-11-8-17-32(37)33-18-9-12-22-38(33)44/h1-15,17-27,29,36,39H,16H2. The number of hydrogen-bond acceptors (Lipinski definition) is 2. The Labute approximate surface area is 257 Å². The fourth-order valence-corrected chi connectivity index (χ4v) is 8.17. The lowest BCUT2D eigenvalue weighted by molar-refractivity contribution is 0.309. The van der Waals surface area contributed by atoms with E-state index in [1.54, 1.807) is 0 Å². The Morgan fingerprint density at radius 3 is 2.07 bits per heavy atom. The lowest BCUT2D eigenvalue weighted by atomic mass is 9.60. The van der Waals surface area contributed by atoms with Gasteiger partial charge in [0.2, 0.25) is 0 Å². The monoisotopic (exact) mass is 565 g/mol. The molecule has 0 saturated carbocycles. The van der Waals surface area contributed by atoms with E-state index in [1.807, 2.05) is 6.07 Å². The van der Waals surface area contributed by atoms with Crippen LogP contribution in [-0.4, -0.2) is 16.6 Å². The molecular weight excluding hydrogens is 534 g/mol. The largest absolute Gasteiger partial charge is 0.309 e. The van der Waals surface area contributed by atoms with Crippen LogP contribution >= 0.6 is 0 Å². The Kier molecular flexibility index (Phi) is 5.67. The molecule has 0 spiro atoms. The molecule has 0 radical (unpaired) electrons. The van der Waals surface area contributed by atoms with Gasteiger partial charge >= 0.3 is 0 Å². The van der Waals surface area contributed by atoms with Crippen molar-refractivity contribution in [2.45, 2.75) is 17.9 Å². The fourth-order valence-electron chi connectivity index (χ4n) is 8.17. The minimum atomic E-state index is -0.295. The molecule has 0 fully saturated rings. The molecule has 2 aliphatic carbocycles. The summed E-state index contributed by atoms with van der Waals surface area (Å²) in [6.07, 6.45) is 12.3. The van der Waals surface area contributed by atoms with Gasteiger partial charge in [-0.05, 0) is 53.3 Å². The lowest BCUT2D eigenvalue weighted by Gasteiger charge is -2.43.